The maximum absolute atomic E-state index is 9.07. The molecule has 72 valence electrons. The quantitative estimate of drug-likeness (QED) is 0.261. The fraction of sp³-hybridized carbons (Fsp3) is 0. The van der Waals surface area contributed by atoms with E-state index in [1.165, 1.54) is 0 Å². The third-order valence-electron chi connectivity index (χ3n) is 0. The van der Waals surface area contributed by atoms with Crippen molar-refractivity contribution in [3.05, 3.63) is 0 Å². The standard InChI is InChI=1S/3CH2OS2.Mo/c3*2-1(3)4;/h3*(H2,2,3,4);/q;;;+6/p-6. The Balaban J connectivity index is -0.0000000450. The van der Waals surface area contributed by atoms with E-state index in [-0.39, 0.29) is 21.1 Å². The molecule has 10 heteroatoms. The van der Waals surface area contributed by atoms with Crippen molar-refractivity contribution in [2.45, 2.75) is 0 Å². The first-order valence-electron chi connectivity index (χ1n) is 1.84. The van der Waals surface area contributed by atoms with Crippen LogP contribution in [0.15, 0.2) is 0 Å². The Morgan fingerprint density at radius 1 is 0.692 bits per heavy atom. The minimum Gasteiger partial charge on any atom is -0.887 e. The van der Waals surface area contributed by atoms with E-state index in [0.717, 1.165) is 0 Å². The number of thiocarbonyl (C=S) groups is 3. The summed E-state index contributed by atoms with van der Waals surface area (Å²) in [7, 11) is 0. The van der Waals surface area contributed by atoms with Gasteiger partial charge in [-0.05, 0) is 0 Å². The average molecular weight is 372 g/mol. The van der Waals surface area contributed by atoms with Crippen LogP contribution < -0.4 is 15.3 Å². The molecule has 0 aromatic carbocycles. The third-order valence-corrected chi connectivity index (χ3v) is 0. The summed E-state index contributed by atoms with van der Waals surface area (Å²) in [6.45, 7) is 0. The van der Waals surface area contributed by atoms with Crippen molar-refractivity contribution in [2.75, 3.05) is 0 Å². The molecule has 0 fully saturated rings. The Morgan fingerprint density at radius 2 is 0.692 bits per heavy atom. The summed E-state index contributed by atoms with van der Waals surface area (Å²) in [5, 5.41) is 27.2. The van der Waals surface area contributed by atoms with Crippen molar-refractivity contribution in [1.29, 1.82) is 0 Å². The van der Waals surface area contributed by atoms with Crippen LogP contribution in [-0.4, -0.2) is 13.1 Å². The van der Waals surface area contributed by atoms with Gasteiger partial charge in [-0.2, -0.15) is 0 Å². The van der Waals surface area contributed by atoms with Crippen molar-refractivity contribution >= 4 is 87.7 Å². The second kappa shape index (κ2) is 18.7. The zero-order chi connectivity index (χ0) is 10.7. The molecule has 0 saturated heterocycles. The fourth-order valence-corrected chi connectivity index (χ4v) is 0. The van der Waals surface area contributed by atoms with Crippen LogP contribution in [0.3, 0.4) is 0 Å². The molecule has 0 spiro atoms. The van der Waals surface area contributed by atoms with Gasteiger partial charge >= 0.3 is 21.1 Å². The van der Waals surface area contributed by atoms with Crippen molar-refractivity contribution in [2.24, 2.45) is 0 Å². The van der Waals surface area contributed by atoms with E-state index in [2.05, 4.69) is 74.5 Å². The Kier molecular flexibility index (Phi) is 34.1. The monoisotopic (exact) mass is 374 g/mol. The van der Waals surface area contributed by atoms with Gasteiger partial charge in [0.15, 0.2) is 0 Å². The molecule has 0 unspecified atom stereocenters. The van der Waals surface area contributed by atoms with Crippen LogP contribution in [-0.2, 0) is 59.0 Å². The number of hydrogen-bond acceptors (Lipinski definition) is 9. The average Bonchev–Trinajstić information content (AvgIpc) is 1.54. The molecule has 0 bridgehead atoms. The Bertz CT molecular complexity index is 121. The van der Waals surface area contributed by atoms with Gasteiger partial charge in [-0.1, -0.05) is 0 Å². The fourth-order valence-electron chi connectivity index (χ4n) is 0. The molecular weight excluding hydrogens is 372 g/mol. The van der Waals surface area contributed by atoms with Crippen LogP contribution in [0.2, 0.25) is 0 Å². The van der Waals surface area contributed by atoms with Gasteiger partial charge in [-0.3, -0.25) is 0 Å². The molecule has 0 aromatic heterocycles. The zero-order valence-electron chi connectivity index (χ0n) is 5.58. The maximum atomic E-state index is 9.07. The first-order valence-corrected chi connectivity index (χ1v) is 4.29. The number of hydrogen-bond donors (Lipinski definition) is 0. The first kappa shape index (κ1) is 23.7. The van der Waals surface area contributed by atoms with E-state index < -0.39 is 13.1 Å². The summed E-state index contributed by atoms with van der Waals surface area (Å²) in [5.74, 6) is 0. The van der Waals surface area contributed by atoms with Crippen molar-refractivity contribution in [3.63, 3.8) is 0 Å². The summed E-state index contributed by atoms with van der Waals surface area (Å²) < 4.78 is -2.00. The summed E-state index contributed by atoms with van der Waals surface area (Å²) in [4.78, 5) is 0. The molecule has 0 saturated carbocycles. The summed E-state index contributed by atoms with van der Waals surface area (Å²) >= 11 is 22.8. The molecule has 0 aliphatic heterocycles. The Hall–Kier alpha value is 1.02. The van der Waals surface area contributed by atoms with Crippen LogP contribution >= 0.6 is 36.7 Å². The van der Waals surface area contributed by atoms with Gasteiger partial charge < -0.3 is 89.9 Å². The van der Waals surface area contributed by atoms with Crippen molar-refractivity contribution < 1.29 is 36.4 Å². The van der Waals surface area contributed by atoms with Gasteiger partial charge in [0.25, 0.3) is 0 Å². The second-order valence-electron chi connectivity index (χ2n) is 0.750. The van der Waals surface area contributed by atoms with Gasteiger partial charge in [0.05, 0.1) is 0 Å². The van der Waals surface area contributed by atoms with E-state index in [0.29, 0.717) is 0 Å². The Labute approximate surface area is 123 Å². The molecule has 0 radical (unpaired) electrons. The molecule has 0 N–H and O–H groups in total. The van der Waals surface area contributed by atoms with E-state index in [1.807, 2.05) is 0 Å². The smallest absolute Gasteiger partial charge is 0.887 e. The summed E-state index contributed by atoms with van der Waals surface area (Å²) in [6.07, 6.45) is 0. The van der Waals surface area contributed by atoms with E-state index in [9.17, 15) is 0 Å². The normalized spacial score (nSPS) is 5.54. The van der Waals surface area contributed by atoms with Crippen molar-refractivity contribution in [3.8, 4) is 0 Å². The van der Waals surface area contributed by atoms with Crippen LogP contribution in [0.25, 0.3) is 0 Å². The molecule has 13 heavy (non-hydrogen) atoms. The van der Waals surface area contributed by atoms with Gasteiger partial charge in [-0.15, -0.1) is 0 Å². The second-order valence-corrected chi connectivity index (χ2v) is 3.75. The minimum absolute atomic E-state index is 0. The SMILES string of the molecule is [Mo+6].[O-]C(=S)[S-].[O-]C(=S)[S-].[O-]C(=S)[S-]. The predicted molar refractivity (Wildman–Crippen MR) is 59.9 cm³/mol. The number of rotatable bonds is 0. The predicted octanol–water partition coefficient (Wildman–Crippen LogP) is -2.47. The molecule has 0 amide bonds. The first-order chi connectivity index (χ1) is 5.20. The molecule has 0 aromatic rings. The zero-order valence-corrected chi connectivity index (χ0v) is 12.5. The molecule has 0 atom stereocenters. The van der Waals surface area contributed by atoms with Gasteiger partial charge in [0, 0.05) is 0 Å². The van der Waals surface area contributed by atoms with Gasteiger partial charge in [0.1, 0.15) is 0 Å². The van der Waals surface area contributed by atoms with E-state index >= 15 is 0 Å². The largest absolute Gasteiger partial charge is 6.00 e. The van der Waals surface area contributed by atoms with Crippen molar-refractivity contribution in [1.82, 2.24) is 0 Å². The van der Waals surface area contributed by atoms with Crippen LogP contribution in [0.4, 0.5) is 0 Å². The summed E-state index contributed by atoms with van der Waals surface area (Å²) in [6, 6.07) is 0. The van der Waals surface area contributed by atoms with Gasteiger partial charge in [0.2, 0.25) is 0 Å². The minimum atomic E-state index is -0.667. The topological polar surface area (TPSA) is 69.2 Å². The van der Waals surface area contributed by atoms with E-state index in [1.54, 1.807) is 0 Å². The van der Waals surface area contributed by atoms with Gasteiger partial charge in [-0.25, -0.2) is 13.1 Å². The third kappa shape index (κ3) is 1520. The van der Waals surface area contributed by atoms with Crippen LogP contribution in [0.1, 0.15) is 0 Å². The van der Waals surface area contributed by atoms with Crippen LogP contribution in [0.5, 0.6) is 0 Å². The molecule has 0 aliphatic rings. The molecule has 0 rings (SSSR count). The molecule has 0 aliphatic carbocycles. The maximum Gasteiger partial charge on any atom is 6.00 e. The summed E-state index contributed by atoms with van der Waals surface area (Å²) in [5.41, 5.74) is 0. The molecule has 3 nitrogen and oxygen atoms in total. The van der Waals surface area contributed by atoms with Crippen LogP contribution in [0, 0.1) is 0 Å². The molecule has 0 heterocycles. The molecular formula is C3MoO3S6. The van der Waals surface area contributed by atoms with E-state index in [4.69, 9.17) is 15.3 Å². The Morgan fingerprint density at radius 3 is 0.692 bits per heavy atom.